The SMILES string of the molecule is C=Cc1ccsn1.CC. The van der Waals surface area contributed by atoms with E-state index in [0.717, 1.165) is 5.69 Å². The van der Waals surface area contributed by atoms with Crippen LogP contribution in [0.1, 0.15) is 19.5 Å². The van der Waals surface area contributed by atoms with Gasteiger partial charge in [0.25, 0.3) is 0 Å². The first-order chi connectivity index (χ1) is 4.43. The van der Waals surface area contributed by atoms with E-state index in [0.29, 0.717) is 0 Å². The van der Waals surface area contributed by atoms with E-state index < -0.39 is 0 Å². The molecule has 0 unspecified atom stereocenters. The molecule has 0 radical (unpaired) electrons. The van der Waals surface area contributed by atoms with E-state index in [-0.39, 0.29) is 0 Å². The summed E-state index contributed by atoms with van der Waals surface area (Å²) in [7, 11) is 0. The normalized spacial score (nSPS) is 7.33. The summed E-state index contributed by atoms with van der Waals surface area (Å²) in [6.07, 6.45) is 1.73. The zero-order chi connectivity index (χ0) is 7.11. The summed E-state index contributed by atoms with van der Waals surface area (Å²) < 4.78 is 3.96. The van der Waals surface area contributed by atoms with Crippen LogP contribution in [0, 0.1) is 0 Å². The van der Waals surface area contributed by atoms with Gasteiger partial charge in [-0.15, -0.1) is 0 Å². The Labute approximate surface area is 60.2 Å². The average Bonchev–Trinajstić information content (AvgIpc) is 2.43. The summed E-state index contributed by atoms with van der Waals surface area (Å²) >= 11 is 1.44. The number of rotatable bonds is 1. The van der Waals surface area contributed by atoms with Crippen LogP contribution in [0.3, 0.4) is 0 Å². The van der Waals surface area contributed by atoms with Crippen molar-refractivity contribution in [3.05, 3.63) is 23.7 Å². The first kappa shape index (κ1) is 8.37. The van der Waals surface area contributed by atoms with Gasteiger partial charge in [-0.3, -0.25) is 0 Å². The number of nitrogens with zero attached hydrogens (tertiary/aromatic N) is 1. The molecule has 0 spiro atoms. The zero-order valence-corrected chi connectivity index (χ0v) is 6.61. The molecule has 0 amide bonds. The van der Waals surface area contributed by atoms with Crippen molar-refractivity contribution in [2.24, 2.45) is 0 Å². The molecule has 0 saturated carbocycles. The van der Waals surface area contributed by atoms with Crippen molar-refractivity contribution < 1.29 is 0 Å². The van der Waals surface area contributed by atoms with Gasteiger partial charge in [0.05, 0.1) is 5.69 Å². The molecule has 0 aliphatic heterocycles. The molecular weight excluding hydrogens is 130 g/mol. The van der Waals surface area contributed by atoms with Gasteiger partial charge in [-0.25, -0.2) is 0 Å². The molecule has 0 bridgehead atoms. The fourth-order valence-electron chi connectivity index (χ4n) is 0.327. The third-order valence-electron chi connectivity index (χ3n) is 0.667. The van der Waals surface area contributed by atoms with E-state index in [1.54, 1.807) is 6.08 Å². The predicted octanol–water partition coefficient (Wildman–Crippen LogP) is 2.81. The second-order valence-corrected chi connectivity index (χ2v) is 1.79. The maximum Gasteiger partial charge on any atom is 0.0762 e. The summed E-state index contributed by atoms with van der Waals surface area (Å²) in [6.45, 7) is 7.55. The first-order valence-corrected chi connectivity index (χ1v) is 3.80. The van der Waals surface area contributed by atoms with Gasteiger partial charge in [0, 0.05) is 5.38 Å². The average molecular weight is 141 g/mol. The molecule has 1 rings (SSSR count). The molecule has 9 heavy (non-hydrogen) atoms. The molecule has 1 heterocycles. The summed E-state index contributed by atoms with van der Waals surface area (Å²) in [6, 6.07) is 1.93. The van der Waals surface area contributed by atoms with E-state index in [1.165, 1.54) is 11.5 Å². The van der Waals surface area contributed by atoms with Crippen molar-refractivity contribution in [3.63, 3.8) is 0 Å². The van der Waals surface area contributed by atoms with Gasteiger partial charge < -0.3 is 0 Å². The van der Waals surface area contributed by atoms with Crippen LogP contribution in [0.5, 0.6) is 0 Å². The third-order valence-corrected chi connectivity index (χ3v) is 1.24. The highest BCUT2D eigenvalue weighted by molar-refractivity contribution is 7.03. The standard InChI is InChI=1S/C5H5NS.C2H6/c1-2-5-3-4-7-6-5;1-2/h2-4H,1H2;1-2H3. The molecule has 50 valence electrons. The Morgan fingerprint density at radius 3 is 2.56 bits per heavy atom. The van der Waals surface area contributed by atoms with Crippen molar-refractivity contribution in [1.29, 1.82) is 0 Å². The molecule has 0 aliphatic carbocycles. The highest BCUT2D eigenvalue weighted by Gasteiger charge is 1.80. The summed E-state index contributed by atoms with van der Waals surface area (Å²) in [5.41, 5.74) is 0.963. The van der Waals surface area contributed by atoms with Crippen molar-refractivity contribution >= 4 is 17.6 Å². The molecule has 1 aromatic heterocycles. The third kappa shape index (κ3) is 3.03. The lowest BCUT2D eigenvalue weighted by Crippen LogP contribution is -1.59. The Hall–Kier alpha value is -0.630. The highest BCUT2D eigenvalue weighted by Crippen LogP contribution is 1.98. The van der Waals surface area contributed by atoms with Gasteiger partial charge in [0.2, 0.25) is 0 Å². The minimum atomic E-state index is 0.963. The van der Waals surface area contributed by atoms with Gasteiger partial charge in [-0.2, -0.15) is 4.37 Å². The smallest absolute Gasteiger partial charge is 0.0762 e. The fraction of sp³-hybridized carbons (Fsp3) is 0.286. The van der Waals surface area contributed by atoms with Crippen LogP contribution in [0.25, 0.3) is 6.08 Å². The molecule has 0 saturated heterocycles. The van der Waals surface area contributed by atoms with Crippen LogP contribution < -0.4 is 0 Å². The van der Waals surface area contributed by atoms with Gasteiger partial charge >= 0.3 is 0 Å². The summed E-state index contributed by atoms with van der Waals surface area (Å²) in [4.78, 5) is 0. The topological polar surface area (TPSA) is 12.9 Å². The monoisotopic (exact) mass is 141 g/mol. The maximum absolute atomic E-state index is 3.96. The fourth-order valence-corrected chi connectivity index (χ4v) is 0.845. The minimum Gasteiger partial charge on any atom is -0.193 e. The Kier molecular flexibility index (Phi) is 5.12. The zero-order valence-electron chi connectivity index (χ0n) is 5.79. The second kappa shape index (κ2) is 5.51. The molecule has 1 nitrogen and oxygen atoms in total. The summed E-state index contributed by atoms with van der Waals surface area (Å²) in [5, 5.41) is 1.93. The minimum absolute atomic E-state index is 0.963. The lowest BCUT2D eigenvalue weighted by atomic mass is 10.4. The molecule has 1 aromatic rings. The van der Waals surface area contributed by atoms with E-state index in [4.69, 9.17) is 0 Å². The van der Waals surface area contributed by atoms with Gasteiger partial charge in [0.1, 0.15) is 0 Å². The lowest BCUT2D eigenvalue weighted by Gasteiger charge is -1.69. The van der Waals surface area contributed by atoms with Crippen LogP contribution >= 0.6 is 11.5 Å². The Morgan fingerprint density at radius 2 is 2.33 bits per heavy atom. The van der Waals surface area contributed by atoms with Crippen LogP contribution in [-0.2, 0) is 0 Å². The molecule has 0 aliphatic rings. The van der Waals surface area contributed by atoms with E-state index in [2.05, 4.69) is 11.0 Å². The lowest BCUT2D eigenvalue weighted by molar-refractivity contribution is 1.50. The molecule has 0 atom stereocenters. The Bertz CT molecular complexity index is 144. The van der Waals surface area contributed by atoms with E-state index in [9.17, 15) is 0 Å². The van der Waals surface area contributed by atoms with Crippen LogP contribution in [0.15, 0.2) is 18.0 Å². The quantitative estimate of drug-likeness (QED) is 0.586. The first-order valence-electron chi connectivity index (χ1n) is 2.96. The Morgan fingerprint density at radius 1 is 1.67 bits per heavy atom. The maximum atomic E-state index is 3.96. The second-order valence-electron chi connectivity index (χ2n) is 1.13. The number of hydrogen-bond donors (Lipinski definition) is 0. The summed E-state index contributed by atoms with van der Waals surface area (Å²) in [5.74, 6) is 0. The molecule has 0 aromatic carbocycles. The number of hydrogen-bond acceptors (Lipinski definition) is 2. The van der Waals surface area contributed by atoms with E-state index in [1.807, 2.05) is 25.3 Å². The van der Waals surface area contributed by atoms with Crippen molar-refractivity contribution in [1.82, 2.24) is 4.37 Å². The highest BCUT2D eigenvalue weighted by atomic mass is 32.1. The van der Waals surface area contributed by atoms with Crippen LogP contribution in [-0.4, -0.2) is 4.37 Å². The molecule has 2 heteroatoms. The Balaban J connectivity index is 0.000000291. The van der Waals surface area contributed by atoms with Crippen LogP contribution in [0.2, 0.25) is 0 Å². The molecular formula is C7H11NS. The predicted molar refractivity (Wildman–Crippen MR) is 43.6 cm³/mol. The van der Waals surface area contributed by atoms with Crippen LogP contribution in [0.4, 0.5) is 0 Å². The molecule has 0 N–H and O–H groups in total. The van der Waals surface area contributed by atoms with E-state index >= 15 is 0 Å². The van der Waals surface area contributed by atoms with Gasteiger partial charge in [0.15, 0.2) is 0 Å². The van der Waals surface area contributed by atoms with Gasteiger partial charge in [-0.1, -0.05) is 20.4 Å². The van der Waals surface area contributed by atoms with Crippen molar-refractivity contribution in [2.75, 3.05) is 0 Å². The molecule has 0 fully saturated rings. The van der Waals surface area contributed by atoms with Gasteiger partial charge in [-0.05, 0) is 23.7 Å². The van der Waals surface area contributed by atoms with Crippen molar-refractivity contribution in [3.8, 4) is 0 Å². The largest absolute Gasteiger partial charge is 0.193 e. The number of aromatic nitrogens is 1. The van der Waals surface area contributed by atoms with Crippen molar-refractivity contribution in [2.45, 2.75) is 13.8 Å².